The molecule has 0 saturated carbocycles. The van der Waals surface area contributed by atoms with E-state index in [0.717, 1.165) is 30.7 Å². The molecule has 0 aromatic carbocycles. The Morgan fingerprint density at radius 1 is 0.938 bits per heavy atom. The molecular weight excluding hydrogens is 197 g/mol. The normalized spacial score (nSPS) is 13.3. The Hall–Kier alpha value is -0.0151. The maximum absolute atomic E-state index is 6.27. The summed E-state index contributed by atoms with van der Waals surface area (Å²) in [5, 5.41) is 0. The lowest BCUT2D eigenvalue weighted by atomic mass is 10.1. The van der Waals surface area contributed by atoms with Crippen LogP contribution in [0.2, 0.25) is 0 Å². The van der Waals surface area contributed by atoms with Gasteiger partial charge in [-0.25, -0.2) is 0 Å². The van der Waals surface area contributed by atoms with E-state index in [4.69, 9.17) is 4.84 Å². The number of hydroxylamine groups is 3. The Labute approximate surface area is 104 Å². The number of nitrogens with zero attached hydrogens (tertiary/aromatic N) is 1. The molecule has 0 aromatic heterocycles. The monoisotopic (exact) mass is 231 g/mol. The molecular formula is C13H34BNO. The largest absolute Gasteiger partial charge is 0.200 e. The van der Waals surface area contributed by atoms with E-state index in [2.05, 4.69) is 34.6 Å². The summed E-state index contributed by atoms with van der Waals surface area (Å²) in [6, 6.07) is 0. The van der Waals surface area contributed by atoms with Gasteiger partial charge in [0.25, 0.3) is 0 Å². The first-order chi connectivity index (χ1) is 7.17. The fourth-order valence-electron chi connectivity index (χ4n) is 1.97. The van der Waals surface area contributed by atoms with Crippen molar-refractivity contribution < 1.29 is 9.48 Å². The summed E-state index contributed by atoms with van der Waals surface area (Å²) < 4.78 is 0.822. The molecule has 1 unspecified atom stereocenters. The van der Waals surface area contributed by atoms with Crippen molar-refractivity contribution in [3.05, 3.63) is 0 Å². The molecule has 16 heavy (non-hydrogen) atoms. The highest BCUT2D eigenvalue weighted by molar-refractivity contribution is 5.75. The topological polar surface area (TPSA) is 9.23 Å². The van der Waals surface area contributed by atoms with Gasteiger partial charge >= 0.3 is 0 Å². The van der Waals surface area contributed by atoms with E-state index in [9.17, 15) is 0 Å². The van der Waals surface area contributed by atoms with Crippen LogP contribution in [0.15, 0.2) is 0 Å². The van der Waals surface area contributed by atoms with Crippen LogP contribution in [-0.4, -0.2) is 38.8 Å². The second kappa shape index (κ2) is 10.2. The molecule has 0 spiro atoms. The molecule has 0 aromatic rings. The van der Waals surface area contributed by atoms with Crippen LogP contribution in [0, 0.1) is 0 Å². The minimum absolute atomic E-state index is 0. The second-order valence-electron chi connectivity index (χ2n) is 4.28. The highest BCUT2D eigenvalue weighted by Gasteiger charge is 2.26. The highest BCUT2D eigenvalue weighted by Crippen LogP contribution is 2.16. The third kappa shape index (κ3) is 5.90. The lowest BCUT2D eigenvalue weighted by Crippen LogP contribution is -2.49. The first-order valence-electron chi connectivity index (χ1n) is 6.72. The standard InChI is InChI=1S/C13H30NO.BH4/c1-6-11-12-13(7-2)15-14(8-3,9-4)10-5;/h13H,6-12H2,1-5H3;1H4/q+1;-1. The van der Waals surface area contributed by atoms with Gasteiger partial charge in [0.15, 0.2) is 0 Å². The molecule has 0 heterocycles. The van der Waals surface area contributed by atoms with Gasteiger partial charge in [-0.15, -0.1) is 0 Å². The van der Waals surface area contributed by atoms with Gasteiger partial charge in [0.05, 0.1) is 0 Å². The van der Waals surface area contributed by atoms with E-state index < -0.39 is 0 Å². The van der Waals surface area contributed by atoms with Crippen LogP contribution in [0.4, 0.5) is 0 Å². The summed E-state index contributed by atoms with van der Waals surface area (Å²) in [4.78, 5) is 6.27. The summed E-state index contributed by atoms with van der Waals surface area (Å²) in [5.41, 5.74) is 0. The molecule has 0 saturated heterocycles. The zero-order valence-corrected chi connectivity index (χ0v) is 11.4. The Bertz CT molecular complexity index is 141. The molecule has 0 bridgehead atoms. The van der Waals surface area contributed by atoms with Crippen LogP contribution in [-0.2, 0) is 4.84 Å². The van der Waals surface area contributed by atoms with Crippen molar-refractivity contribution >= 4 is 8.41 Å². The van der Waals surface area contributed by atoms with Crippen LogP contribution in [0.25, 0.3) is 0 Å². The smallest absolute Gasteiger partial charge is 0.117 e. The zero-order valence-electron chi connectivity index (χ0n) is 11.4. The molecule has 0 aliphatic heterocycles. The summed E-state index contributed by atoms with van der Waals surface area (Å²) in [6.07, 6.45) is 5.36. The van der Waals surface area contributed by atoms with Gasteiger partial charge in [-0.05, 0) is 33.6 Å². The average Bonchev–Trinajstić information content (AvgIpc) is 2.30. The van der Waals surface area contributed by atoms with E-state index in [1.165, 1.54) is 19.3 Å². The van der Waals surface area contributed by atoms with E-state index in [0.29, 0.717) is 6.10 Å². The molecule has 100 valence electrons. The van der Waals surface area contributed by atoms with Crippen molar-refractivity contribution in [2.45, 2.75) is 66.4 Å². The molecule has 0 amide bonds. The summed E-state index contributed by atoms with van der Waals surface area (Å²) in [5.74, 6) is 0. The van der Waals surface area contributed by atoms with Crippen LogP contribution in [0.5, 0.6) is 0 Å². The van der Waals surface area contributed by atoms with Gasteiger partial charge in [0.2, 0.25) is 0 Å². The molecule has 0 aliphatic carbocycles. The predicted molar refractivity (Wildman–Crippen MR) is 77.9 cm³/mol. The molecule has 2 nitrogen and oxygen atoms in total. The first-order valence-corrected chi connectivity index (χ1v) is 6.72. The Morgan fingerprint density at radius 3 is 1.75 bits per heavy atom. The Balaban J connectivity index is 0. The van der Waals surface area contributed by atoms with Gasteiger partial charge < -0.3 is 0 Å². The second-order valence-corrected chi connectivity index (χ2v) is 4.28. The summed E-state index contributed by atoms with van der Waals surface area (Å²) in [6.45, 7) is 14.4. The minimum Gasteiger partial charge on any atom is -0.200 e. The van der Waals surface area contributed by atoms with Crippen LogP contribution >= 0.6 is 0 Å². The van der Waals surface area contributed by atoms with Crippen LogP contribution in [0.3, 0.4) is 0 Å². The SMILES string of the molecule is CCCCC(CC)O[N+](CC)(CC)CC.[BH4-]. The third-order valence-electron chi connectivity index (χ3n) is 3.44. The van der Waals surface area contributed by atoms with E-state index in [-0.39, 0.29) is 8.41 Å². The molecule has 0 aliphatic rings. The van der Waals surface area contributed by atoms with Crippen molar-refractivity contribution in [2.24, 2.45) is 0 Å². The number of quaternary nitrogens is 1. The maximum Gasteiger partial charge on any atom is 0.117 e. The zero-order chi connectivity index (χ0) is 11.7. The molecule has 0 radical (unpaired) electrons. The van der Waals surface area contributed by atoms with Crippen molar-refractivity contribution in [1.29, 1.82) is 0 Å². The molecule has 0 fully saturated rings. The van der Waals surface area contributed by atoms with Gasteiger partial charge in [0.1, 0.15) is 25.7 Å². The lowest BCUT2D eigenvalue weighted by molar-refractivity contribution is -1.11. The Morgan fingerprint density at radius 2 is 1.44 bits per heavy atom. The lowest BCUT2D eigenvalue weighted by Gasteiger charge is -2.35. The molecule has 1 atom stereocenters. The number of hydrogen-bond donors (Lipinski definition) is 0. The molecule has 0 rings (SSSR count). The van der Waals surface area contributed by atoms with Gasteiger partial charge in [-0.2, -0.15) is 9.48 Å². The van der Waals surface area contributed by atoms with E-state index in [1.54, 1.807) is 0 Å². The quantitative estimate of drug-likeness (QED) is 0.336. The molecule has 0 N–H and O–H groups in total. The number of hydrogen-bond acceptors (Lipinski definition) is 1. The Kier molecular flexibility index (Phi) is 11.7. The first kappa shape index (κ1) is 18.4. The number of rotatable bonds is 9. The maximum atomic E-state index is 6.27. The van der Waals surface area contributed by atoms with Gasteiger partial charge in [-0.3, -0.25) is 0 Å². The van der Waals surface area contributed by atoms with Crippen LogP contribution < -0.4 is 0 Å². The summed E-state index contributed by atoms with van der Waals surface area (Å²) >= 11 is 0. The third-order valence-corrected chi connectivity index (χ3v) is 3.44. The van der Waals surface area contributed by atoms with Gasteiger partial charge in [0, 0.05) is 0 Å². The van der Waals surface area contributed by atoms with E-state index >= 15 is 0 Å². The fraction of sp³-hybridized carbons (Fsp3) is 1.00. The van der Waals surface area contributed by atoms with Crippen molar-refractivity contribution in [2.75, 3.05) is 19.6 Å². The van der Waals surface area contributed by atoms with Crippen molar-refractivity contribution in [1.82, 2.24) is 0 Å². The van der Waals surface area contributed by atoms with Crippen molar-refractivity contribution in [3.63, 3.8) is 0 Å². The van der Waals surface area contributed by atoms with E-state index in [1.807, 2.05) is 0 Å². The van der Waals surface area contributed by atoms with Crippen LogP contribution in [0.1, 0.15) is 60.3 Å². The fourth-order valence-corrected chi connectivity index (χ4v) is 1.97. The predicted octanol–water partition coefficient (Wildman–Crippen LogP) is 2.31. The average molecular weight is 231 g/mol. The van der Waals surface area contributed by atoms with Crippen molar-refractivity contribution in [3.8, 4) is 0 Å². The minimum atomic E-state index is 0. The summed E-state index contributed by atoms with van der Waals surface area (Å²) in [7, 11) is 0. The molecule has 3 heteroatoms. The highest BCUT2D eigenvalue weighted by atomic mass is 16.7. The van der Waals surface area contributed by atoms with Gasteiger partial charge in [-0.1, -0.05) is 35.1 Å². The number of unbranched alkanes of at least 4 members (excludes halogenated alkanes) is 1.